The third-order valence-electron chi connectivity index (χ3n) is 1.40. The molecule has 1 aliphatic heterocycles. The third-order valence-corrected chi connectivity index (χ3v) is 1.40. The van der Waals surface area contributed by atoms with Gasteiger partial charge in [-0.15, -0.1) is 0 Å². The van der Waals surface area contributed by atoms with Crippen LogP contribution in [-0.4, -0.2) is 31.1 Å². The fourth-order valence-electron chi connectivity index (χ4n) is 0.872. The third kappa shape index (κ3) is 1.03. The molecule has 1 aliphatic rings. The quantitative estimate of drug-likeness (QED) is 0.399. The average Bonchev–Trinajstić information content (AvgIpc) is 2.12. The maximum Gasteiger partial charge on any atom is 0.218 e. The molecule has 3 heteroatoms. The highest BCUT2D eigenvalue weighted by Gasteiger charge is 2.13. The van der Waals surface area contributed by atoms with Gasteiger partial charge in [0.25, 0.3) is 0 Å². The van der Waals surface area contributed by atoms with Gasteiger partial charge >= 0.3 is 0 Å². The highest BCUT2D eigenvalue weighted by atomic mass is 16.2. The fourth-order valence-corrected chi connectivity index (χ4v) is 0.872. The van der Waals surface area contributed by atoms with Crippen LogP contribution in [0.1, 0.15) is 6.92 Å². The summed E-state index contributed by atoms with van der Waals surface area (Å²) in [6.45, 7) is 2.54. The van der Waals surface area contributed by atoms with Gasteiger partial charge in [-0.2, -0.15) is 0 Å². The van der Waals surface area contributed by atoms with E-state index in [1.165, 1.54) is 0 Å². The van der Waals surface area contributed by atoms with Crippen LogP contribution in [0.5, 0.6) is 0 Å². The molecular weight excluding hydrogens is 101 g/mol. The summed E-state index contributed by atoms with van der Waals surface area (Å²) in [6.07, 6.45) is 1.93. The minimum Gasteiger partial charge on any atom is -0.352 e. The van der Waals surface area contributed by atoms with Crippen molar-refractivity contribution in [2.75, 3.05) is 13.0 Å². The second-order valence-electron chi connectivity index (χ2n) is 2.04. The lowest BCUT2D eigenvalue weighted by Gasteiger charge is -2.10. The largest absolute Gasteiger partial charge is 0.352 e. The Hall–Kier alpha value is -0.465. The zero-order valence-electron chi connectivity index (χ0n) is 5.05. The molecule has 0 aromatic heterocycles. The first kappa shape index (κ1) is 5.67. The molecule has 1 heterocycles. The Morgan fingerprint density at radius 3 is 2.75 bits per heavy atom. The number of rotatable bonds is 0. The van der Waals surface area contributed by atoms with Crippen LogP contribution in [0, 0.1) is 0 Å². The standard InChI is InChI=1S/C5H9BNO/c1-5(8)7-3-2-6-4-7/h2-4H2,1H3. The summed E-state index contributed by atoms with van der Waals surface area (Å²) < 4.78 is 0. The Kier molecular flexibility index (Phi) is 1.56. The Labute approximate surface area is 50.1 Å². The van der Waals surface area contributed by atoms with E-state index in [0.717, 1.165) is 19.3 Å². The van der Waals surface area contributed by atoms with E-state index in [4.69, 9.17) is 0 Å². The molecule has 43 valence electrons. The minimum absolute atomic E-state index is 0.193. The van der Waals surface area contributed by atoms with Gasteiger partial charge in [0, 0.05) is 13.5 Å². The van der Waals surface area contributed by atoms with E-state index in [0.29, 0.717) is 0 Å². The van der Waals surface area contributed by atoms with Crippen molar-refractivity contribution in [2.45, 2.75) is 13.2 Å². The second kappa shape index (κ2) is 2.20. The van der Waals surface area contributed by atoms with Crippen LogP contribution in [0.25, 0.3) is 0 Å². The molecule has 0 aromatic rings. The lowest BCUT2D eigenvalue weighted by molar-refractivity contribution is -0.127. The lowest BCUT2D eigenvalue weighted by Crippen LogP contribution is -2.25. The minimum atomic E-state index is 0.193. The maximum atomic E-state index is 10.6. The number of amides is 1. The van der Waals surface area contributed by atoms with E-state index in [9.17, 15) is 4.79 Å². The highest BCUT2D eigenvalue weighted by Crippen LogP contribution is 1.99. The van der Waals surface area contributed by atoms with Gasteiger partial charge in [-0.1, -0.05) is 6.32 Å². The van der Waals surface area contributed by atoms with Crippen molar-refractivity contribution in [1.82, 2.24) is 4.90 Å². The molecule has 0 spiro atoms. The zero-order valence-corrected chi connectivity index (χ0v) is 5.05. The van der Waals surface area contributed by atoms with E-state index >= 15 is 0 Å². The maximum absolute atomic E-state index is 10.6. The second-order valence-corrected chi connectivity index (χ2v) is 2.04. The van der Waals surface area contributed by atoms with Crippen LogP contribution in [0.2, 0.25) is 6.32 Å². The topological polar surface area (TPSA) is 20.3 Å². The molecule has 0 aliphatic carbocycles. The van der Waals surface area contributed by atoms with E-state index in [2.05, 4.69) is 7.28 Å². The number of carbonyl (C=O) groups is 1. The molecule has 1 saturated heterocycles. The van der Waals surface area contributed by atoms with Gasteiger partial charge in [0.15, 0.2) is 0 Å². The smallest absolute Gasteiger partial charge is 0.218 e. The molecule has 0 saturated carbocycles. The normalized spacial score (nSPS) is 18.4. The SMILES string of the molecule is CC(=O)N1C[B]CC1. The molecule has 0 atom stereocenters. The molecule has 0 aromatic carbocycles. The van der Waals surface area contributed by atoms with Crippen molar-refractivity contribution < 1.29 is 4.79 Å². The molecule has 1 fully saturated rings. The van der Waals surface area contributed by atoms with Gasteiger partial charge < -0.3 is 4.90 Å². The van der Waals surface area contributed by atoms with Crippen molar-refractivity contribution in [1.29, 1.82) is 0 Å². The van der Waals surface area contributed by atoms with Crippen molar-refractivity contribution >= 4 is 13.2 Å². The van der Waals surface area contributed by atoms with Crippen LogP contribution < -0.4 is 0 Å². The predicted octanol–water partition coefficient (Wildman–Crippen LogP) is -0.0715. The molecule has 1 amide bonds. The summed E-state index contributed by atoms with van der Waals surface area (Å²) in [5.41, 5.74) is 0. The fraction of sp³-hybridized carbons (Fsp3) is 0.800. The first-order valence-corrected chi connectivity index (χ1v) is 2.88. The molecule has 8 heavy (non-hydrogen) atoms. The van der Waals surface area contributed by atoms with E-state index in [1.54, 1.807) is 6.92 Å². The van der Waals surface area contributed by atoms with Gasteiger partial charge in [-0.3, -0.25) is 4.79 Å². The number of nitrogens with zero attached hydrogens (tertiary/aromatic N) is 1. The van der Waals surface area contributed by atoms with Crippen LogP contribution in [0.4, 0.5) is 0 Å². The Balaban J connectivity index is 2.35. The molecule has 0 N–H and O–H groups in total. The molecule has 1 rings (SSSR count). The Bertz CT molecular complexity index is 98.6. The average molecular weight is 110 g/mol. The Morgan fingerprint density at radius 1 is 1.75 bits per heavy atom. The summed E-state index contributed by atoms with van der Waals surface area (Å²) in [5.74, 6) is 0.193. The van der Waals surface area contributed by atoms with Crippen molar-refractivity contribution in [3.63, 3.8) is 0 Å². The summed E-state index contributed by atoms with van der Waals surface area (Å²) in [4.78, 5) is 12.4. The summed E-state index contributed by atoms with van der Waals surface area (Å²) in [5, 5.41) is 0. The number of hydrogen-bond acceptors (Lipinski definition) is 1. The van der Waals surface area contributed by atoms with Crippen molar-refractivity contribution in [3.8, 4) is 0 Å². The van der Waals surface area contributed by atoms with Gasteiger partial charge in [-0.05, 0) is 6.44 Å². The van der Waals surface area contributed by atoms with Crippen molar-refractivity contribution in [3.05, 3.63) is 0 Å². The highest BCUT2D eigenvalue weighted by molar-refractivity contribution is 6.37. The first-order valence-electron chi connectivity index (χ1n) is 2.88. The number of carbonyl (C=O) groups excluding carboxylic acids is 1. The zero-order chi connectivity index (χ0) is 5.98. The van der Waals surface area contributed by atoms with Gasteiger partial charge in [0.1, 0.15) is 7.28 Å². The molecule has 1 radical (unpaired) electrons. The van der Waals surface area contributed by atoms with E-state index in [-0.39, 0.29) is 5.91 Å². The summed E-state index contributed by atoms with van der Waals surface area (Å²) >= 11 is 0. The molecule has 0 bridgehead atoms. The van der Waals surface area contributed by atoms with Crippen molar-refractivity contribution in [2.24, 2.45) is 0 Å². The Morgan fingerprint density at radius 2 is 2.50 bits per heavy atom. The van der Waals surface area contributed by atoms with Crippen LogP contribution in [0.3, 0.4) is 0 Å². The van der Waals surface area contributed by atoms with E-state index < -0.39 is 0 Å². The van der Waals surface area contributed by atoms with Gasteiger partial charge in [0.05, 0.1) is 0 Å². The van der Waals surface area contributed by atoms with Crippen LogP contribution in [0.15, 0.2) is 0 Å². The predicted molar refractivity (Wildman–Crippen MR) is 32.8 cm³/mol. The molecule has 2 nitrogen and oxygen atoms in total. The summed E-state index contributed by atoms with van der Waals surface area (Å²) in [6, 6.07) is 0. The van der Waals surface area contributed by atoms with Gasteiger partial charge in [-0.25, -0.2) is 0 Å². The van der Waals surface area contributed by atoms with E-state index in [1.807, 2.05) is 4.90 Å². The number of hydrogen-bond donors (Lipinski definition) is 0. The summed E-state index contributed by atoms with van der Waals surface area (Å²) in [7, 11) is 2.13. The van der Waals surface area contributed by atoms with Gasteiger partial charge in [0.2, 0.25) is 5.91 Å². The monoisotopic (exact) mass is 110 g/mol. The van der Waals surface area contributed by atoms with Crippen LogP contribution >= 0.6 is 0 Å². The molecular formula is C5H9BNO. The molecule has 0 unspecified atom stereocenters. The van der Waals surface area contributed by atoms with Crippen LogP contribution in [-0.2, 0) is 4.79 Å². The lowest BCUT2D eigenvalue weighted by atomic mass is 9.79. The first-order chi connectivity index (χ1) is 3.80.